The smallest absolute Gasteiger partial charge is 0.240 e. The van der Waals surface area contributed by atoms with Crippen LogP contribution in [-0.2, 0) is 4.79 Å². The molecular weight excluding hydrogens is 334 g/mol. The number of carbonyl (C=O) groups excluding carboxylic acids is 1. The van der Waals surface area contributed by atoms with Gasteiger partial charge in [-0.1, -0.05) is 11.3 Å². The van der Waals surface area contributed by atoms with Crippen molar-refractivity contribution in [3.63, 3.8) is 0 Å². The Hall–Kier alpha value is -1.65. The third kappa shape index (κ3) is 3.65. The Kier molecular flexibility index (Phi) is 4.19. The number of nitrogens with zero attached hydrogens (tertiary/aromatic N) is 6. The summed E-state index contributed by atoms with van der Waals surface area (Å²) in [5.41, 5.74) is 1.60. The van der Waals surface area contributed by atoms with Crippen molar-refractivity contribution in [2.45, 2.75) is 18.8 Å². The van der Waals surface area contributed by atoms with Crippen molar-refractivity contribution >= 4 is 39.0 Å². The maximum absolute atomic E-state index is 12.0. The SMILES string of the molecule is O=C(CN1CCN(c2nc(C3CC3)ns2)CC1)Nc1nncs1. The molecule has 1 amide bonds. The normalized spacial score (nSPS) is 19.0. The first-order chi connectivity index (χ1) is 11.3. The lowest BCUT2D eigenvalue weighted by atomic mass is 10.3. The van der Waals surface area contributed by atoms with E-state index < -0.39 is 0 Å². The van der Waals surface area contributed by atoms with E-state index in [0.29, 0.717) is 17.6 Å². The van der Waals surface area contributed by atoms with Gasteiger partial charge >= 0.3 is 0 Å². The standard InChI is InChI=1S/C13H17N7OS2/c21-10(15-12-17-14-8-22-12)7-19-3-5-20(6-4-19)13-16-11(18-23-13)9-1-2-9/h8-9H,1-7H2,(H,15,17,21). The zero-order valence-corrected chi connectivity index (χ0v) is 14.1. The molecule has 10 heteroatoms. The summed E-state index contributed by atoms with van der Waals surface area (Å²) in [5, 5.41) is 11.9. The topological polar surface area (TPSA) is 87.1 Å². The van der Waals surface area contributed by atoms with E-state index in [1.807, 2.05) is 0 Å². The van der Waals surface area contributed by atoms with Crippen molar-refractivity contribution in [3.05, 3.63) is 11.3 Å². The molecule has 0 spiro atoms. The summed E-state index contributed by atoms with van der Waals surface area (Å²) in [6, 6.07) is 0. The molecule has 1 saturated heterocycles. The molecule has 122 valence electrons. The van der Waals surface area contributed by atoms with Gasteiger partial charge in [-0.25, -0.2) is 4.98 Å². The summed E-state index contributed by atoms with van der Waals surface area (Å²) >= 11 is 2.82. The quantitative estimate of drug-likeness (QED) is 0.861. The molecule has 2 fully saturated rings. The number of carbonyl (C=O) groups is 1. The Morgan fingerprint density at radius 2 is 2.13 bits per heavy atom. The molecule has 1 aliphatic carbocycles. The molecule has 23 heavy (non-hydrogen) atoms. The van der Waals surface area contributed by atoms with Crippen LogP contribution in [-0.4, -0.2) is 63.1 Å². The first-order valence-corrected chi connectivity index (χ1v) is 9.30. The second kappa shape index (κ2) is 6.46. The first-order valence-electron chi connectivity index (χ1n) is 7.65. The van der Waals surface area contributed by atoms with E-state index in [1.165, 1.54) is 35.7 Å². The van der Waals surface area contributed by atoms with Crippen LogP contribution in [0.3, 0.4) is 0 Å². The summed E-state index contributed by atoms with van der Waals surface area (Å²) < 4.78 is 4.46. The Morgan fingerprint density at radius 1 is 1.30 bits per heavy atom. The molecule has 2 aliphatic rings. The van der Waals surface area contributed by atoms with Gasteiger partial charge < -0.3 is 4.90 Å². The van der Waals surface area contributed by atoms with E-state index in [4.69, 9.17) is 0 Å². The molecule has 1 N–H and O–H groups in total. The minimum Gasteiger partial charge on any atom is -0.344 e. The van der Waals surface area contributed by atoms with Crippen LogP contribution in [0.4, 0.5) is 10.3 Å². The van der Waals surface area contributed by atoms with Crippen LogP contribution in [0.5, 0.6) is 0 Å². The molecule has 1 aliphatic heterocycles. The van der Waals surface area contributed by atoms with Crippen LogP contribution in [0.1, 0.15) is 24.6 Å². The maximum atomic E-state index is 12.0. The molecule has 0 unspecified atom stereocenters. The molecule has 0 bridgehead atoms. The van der Waals surface area contributed by atoms with E-state index in [1.54, 1.807) is 5.51 Å². The van der Waals surface area contributed by atoms with Crippen molar-refractivity contribution in [1.29, 1.82) is 0 Å². The Morgan fingerprint density at radius 3 is 2.83 bits per heavy atom. The van der Waals surface area contributed by atoms with Crippen LogP contribution in [0, 0.1) is 0 Å². The molecule has 3 heterocycles. The largest absolute Gasteiger partial charge is 0.344 e. The van der Waals surface area contributed by atoms with Gasteiger partial charge in [0.15, 0.2) is 0 Å². The number of hydrogen-bond donors (Lipinski definition) is 1. The molecule has 4 rings (SSSR count). The highest BCUT2D eigenvalue weighted by atomic mass is 32.1. The van der Waals surface area contributed by atoms with Crippen molar-refractivity contribution in [2.24, 2.45) is 0 Å². The van der Waals surface area contributed by atoms with Crippen LogP contribution >= 0.6 is 22.9 Å². The summed E-state index contributed by atoms with van der Waals surface area (Å²) in [6.45, 7) is 3.84. The Bertz CT molecular complexity index is 662. The van der Waals surface area contributed by atoms with Gasteiger partial charge in [0.25, 0.3) is 0 Å². The summed E-state index contributed by atoms with van der Waals surface area (Å²) in [4.78, 5) is 21.0. The fraction of sp³-hybridized carbons (Fsp3) is 0.615. The lowest BCUT2D eigenvalue weighted by molar-refractivity contribution is -0.117. The summed E-state index contributed by atoms with van der Waals surface area (Å²) in [5.74, 6) is 1.58. The highest BCUT2D eigenvalue weighted by Gasteiger charge is 2.29. The lowest BCUT2D eigenvalue weighted by Gasteiger charge is -2.33. The lowest BCUT2D eigenvalue weighted by Crippen LogP contribution is -2.48. The number of aromatic nitrogens is 4. The molecule has 0 radical (unpaired) electrons. The molecule has 0 atom stereocenters. The second-order valence-electron chi connectivity index (χ2n) is 5.76. The average Bonchev–Trinajstić information content (AvgIpc) is 3.07. The van der Waals surface area contributed by atoms with Gasteiger partial charge in [0.05, 0.1) is 6.54 Å². The number of amides is 1. The first kappa shape index (κ1) is 14.9. The van der Waals surface area contributed by atoms with Crippen molar-refractivity contribution in [3.8, 4) is 0 Å². The van der Waals surface area contributed by atoms with E-state index in [-0.39, 0.29) is 5.91 Å². The number of nitrogens with one attached hydrogen (secondary N) is 1. The van der Waals surface area contributed by atoms with E-state index in [9.17, 15) is 4.79 Å². The van der Waals surface area contributed by atoms with Gasteiger partial charge in [-0.15, -0.1) is 10.2 Å². The molecular formula is C13H17N7OS2. The number of hydrogen-bond acceptors (Lipinski definition) is 9. The van der Waals surface area contributed by atoms with Crippen molar-refractivity contribution < 1.29 is 4.79 Å². The van der Waals surface area contributed by atoms with E-state index in [0.717, 1.165) is 37.1 Å². The van der Waals surface area contributed by atoms with Gasteiger partial charge in [0, 0.05) is 43.6 Å². The molecule has 8 nitrogen and oxygen atoms in total. The maximum Gasteiger partial charge on any atom is 0.240 e. The number of anilines is 2. The number of rotatable bonds is 5. The predicted molar refractivity (Wildman–Crippen MR) is 89.1 cm³/mol. The second-order valence-corrected chi connectivity index (χ2v) is 7.33. The fourth-order valence-corrected chi connectivity index (χ4v) is 3.81. The molecule has 0 aromatic carbocycles. The van der Waals surface area contributed by atoms with E-state index >= 15 is 0 Å². The van der Waals surface area contributed by atoms with Crippen LogP contribution in [0.25, 0.3) is 0 Å². The third-order valence-electron chi connectivity index (χ3n) is 3.99. The minimum atomic E-state index is -0.0397. The number of piperazine rings is 1. The van der Waals surface area contributed by atoms with Gasteiger partial charge in [0.1, 0.15) is 11.3 Å². The Balaban J connectivity index is 1.26. The van der Waals surface area contributed by atoms with Crippen LogP contribution < -0.4 is 10.2 Å². The zero-order chi connectivity index (χ0) is 15.6. The monoisotopic (exact) mass is 351 g/mol. The predicted octanol–water partition coefficient (Wildman–Crippen LogP) is 1.03. The summed E-state index contributed by atoms with van der Waals surface area (Å²) in [7, 11) is 0. The third-order valence-corrected chi connectivity index (χ3v) is 5.39. The average molecular weight is 351 g/mol. The van der Waals surface area contributed by atoms with Gasteiger partial charge in [-0.3, -0.25) is 15.0 Å². The van der Waals surface area contributed by atoms with Gasteiger partial charge in [-0.2, -0.15) is 4.37 Å². The molecule has 2 aromatic rings. The van der Waals surface area contributed by atoms with Gasteiger partial charge in [0.2, 0.25) is 16.2 Å². The summed E-state index contributed by atoms with van der Waals surface area (Å²) in [6.07, 6.45) is 2.46. The minimum absolute atomic E-state index is 0.0397. The molecule has 2 aromatic heterocycles. The fourth-order valence-electron chi connectivity index (χ4n) is 2.55. The molecule has 1 saturated carbocycles. The van der Waals surface area contributed by atoms with Crippen molar-refractivity contribution in [2.75, 3.05) is 42.9 Å². The Labute approximate surface area is 141 Å². The van der Waals surface area contributed by atoms with Gasteiger partial charge in [-0.05, 0) is 12.8 Å². The highest BCUT2D eigenvalue weighted by molar-refractivity contribution is 7.13. The van der Waals surface area contributed by atoms with E-state index in [2.05, 4.69) is 34.7 Å². The highest BCUT2D eigenvalue weighted by Crippen LogP contribution is 2.39. The van der Waals surface area contributed by atoms with Crippen LogP contribution in [0.15, 0.2) is 5.51 Å². The zero-order valence-electron chi connectivity index (χ0n) is 12.5. The van der Waals surface area contributed by atoms with Crippen LogP contribution in [0.2, 0.25) is 0 Å². The van der Waals surface area contributed by atoms with Crippen molar-refractivity contribution in [1.82, 2.24) is 24.5 Å².